The number of ether oxygens (including phenoxy) is 2. The number of pyridine rings is 1. The number of nitrogens with zero attached hydrogens (tertiary/aromatic N) is 1. The molecule has 0 saturated heterocycles. The fraction of sp³-hybridized carbons (Fsp3) is 0.429. The zero-order valence-corrected chi connectivity index (χ0v) is 22.0. The first kappa shape index (κ1) is 28.2. The minimum absolute atomic E-state index is 0.0255. The molecular formula is C28H38N4O5. The van der Waals surface area contributed by atoms with Crippen LogP contribution in [0.1, 0.15) is 44.4 Å². The smallest absolute Gasteiger partial charge is 0.221 e. The maximum Gasteiger partial charge on any atom is 0.221 e. The molecule has 37 heavy (non-hydrogen) atoms. The van der Waals surface area contributed by atoms with Crippen molar-refractivity contribution in [2.24, 2.45) is 5.73 Å². The quantitative estimate of drug-likeness (QED) is 0.223. The van der Waals surface area contributed by atoms with Gasteiger partial charge in [0.1, 0.15) is 0 Å². The Labute approximate surface area is 218 Å². The summed E-state index contributed by atoms with van der Waals surface area (Å²) in [6.45, 7) is 8.81. The molecule has 1 amide bonds. The Morgan fingerprint density at radius 3 is 2.41 bits per heavy atom. The highest BCUT2D eigenvalue weighted by molar-refractivity contribution is 5.98. The number of aromatic nitrogens is 1. The van der Waals surface area contributed by atoms with Crippen LogP contribution in [0, 0.1) is 0 Å². The van der Waals surface area contributed by atoms with Gasteiger partial charge in [-0.05, 0) is 50.5 Å². The molecule has 200 valence electrons. The summed E-state index contributed by atoms with van der Waals surface area (Å²) in [5, 5.41) is 27.0. The fourth-order valence-electron chi connectivity index (χ4n) is 4.35. The first-order valence-electron chi connectivity index (χ1n) is 12.7. The first-order chi connectivity index (χ1) is 17.8. The van der Waals surface area contributed by atoms with E-state index in [2.05, 4.69) is 22.5 Å². The minimum atomic E-state index is -0.683. The Bertz CT molecular complexity index is 1210. The molecule has 0 aliphatic carbocycles. The lowest BCUT2D eigenvalue weighted by Crippen LogP contribution is -2.40. The van der Waals surface area contributed by atoms with Gasteiger partial charge in [0.15, 0.2) is 11.5 Å². The Balaban J connectivity index is 2.11. The van der Waals surface area contributed by atoms with Gasteiger partial charge < -0.3 is 36.1 Å². The van der Waals surface area contributed by atoms with Crippen LogP contribution in [-0.4, -0.2) is 53.1 Å². The molecule has 6 N–H and O–H groups in total. The number of primary amides is 1. The minimum Gasteiger partial charge on any atom is -0.490 e. The highest BCUT2D eigenvalue weighted by Crippen LogP contribution is 2.38. The zero-order chi connectivity index (χ0) is 26.9. The third-order valence-electron chi connectivity index (χ3n) is 6.20. The van der Waals surface area contributed by atoms with Gasteiger partial charge in [-0.15, -0.1) is 0 Å². The summed E-state index contributed by atoms with van der Waals surface area (Å²) in [4.78, 5) is 16.5. The number of anilines is 2. The Kier molecular flexibility index (Phi) is 10.1. The highest BCUT2D eigenvalue weighted by atomic mass is 16.5. The number of carbonyl (C=O) groups is 1. The van der Waals surface area contributed by atoms with Crippen molar-refractivity contribution >= 4 is 28.2 Å². The second kappa shape index (κ2) is 13.2. The average molecular weight is 511 g/mol. The molecule has 0 fully saturated rings. The largest absolute Gasteiger partial charge is 0.490 e. The van der Waals surface area contributed by atoms with E-state index in [-0.39, 0.29) is 13.0 Å². The van der Waals surface area contributed by atoms with Crippen LogP contribution in [0.2, 0.25) is 0 Å². The number of rotatable bonds is 14. The number of aliphatic hydroxyl groups is 2. The summed E-state index contributed by atoms with van der Waals surface area (Å²) in [7, 11) is 0. The van der Waals surface area contributed by atoms with Gasteiger partial charge in [-0.3, -0.25) is 9.78 Å². The van der Waals surface area contributed by atoms with Gasteiger partial charge in [-0.1, -0.05) is 19.1 Å². The molecule has 3 aromatic rings. The molecule has 0 aliphatic heterocycles. The normalized spacial score (nSPS) is 12.8. The SMILES string of the molecule is CCOc1cc2ncc(CC(N)=O)c(Nc3cccc(CN[C@H](CO)[C@@H](C)O)c3CC)c2cc1OCC. The number of fused-ring (bicyclic) bond motifs is 1. The van der Waals surface area contributed by atoms with Crippen LogP contribution >= 0.6 is 0 Å². The van der Waals surface area contributed by atoms with E-state index < -0.39 is 18.1 Å². The number of hydrogen-bond acceptors (Lipinski definition) is 8. The number of benzene rings is 2. The Hall–Kier alpha value is -3.40. The second-order valence-corrected chi connectivity index (χ2v) is 8.82. The van der Waals surface area contributed by atoms with E-state index >= 15 is 0 Å². The molecular weight excluding hydrogens is 472 g/mol. The van der Waals surface area contributed by atoms with Gasteiger partial charge in [-0.25, -0.2) is 0 Å². The van der Waals surface area contributed by atoms with Gasteiger partial charge in [0, 0.05) is 35.4 Å². The monoisotopic (exact) mass is 510 g/mol. The van der Waals surface area contributed by atoms with Crippen molar-refractivity contribution in [3.63, 3.8) is 0 Å². The third kappa shape index (κ3) is 6.88. The lowest BCUT2D eigenvalue weighted by atomic mass is 10.0. The second-order valence-electron chi connectivity index (χ2n) is 8.82. The summed E-state index contributed by atoms with van der Waals surface area (Å²) in [6, 6.07) is 9.25. The Morgan fingerprint density at radius 2 is 1.81 bits per heavy atom. The molecule has 1 heterocycles. The van der Waals surface area contributed by atoms with E-state index in [1.165, 1.54) is 0 Å². The van der Waals surface area contributed by atoms with Crippen LogP contribution < -0.4 is 25.8 Å². The van der Waals surface area contributed by atoms with Gasteiger partial charge in [0.25, 0.3) is 0 Å². The van der Waals surface area contributed by atoms with Crippen LogP contribution in [0.25, 0.3) is 10.9 Å². The van der Waals surface area contributed by atoms with Crippen LogP contribution in [-0.2, 0) is 24.2 Å². The van der Waals surface area contributed by atoms with Crippen LogP contribution in [0.4, 0.5) is 11.4 Å². The zero-order valence-electron chi connectivity index (χ0n) is 22.0. The van der Waals surface area contributed by atoms with Crippen molar-refractivity contribution in [3.05, 3.63) is 53.2 Å². The maximum absolute atomic E-state index is 11.9. The van der Waals surface area contributed by atoms with Crippen LogP contribution in [0.3, 0.4) is 0 Å². The Morgan fingerprint density at radius 1 is 1.11 bits per heavy atom. The molecule has 3 rings (SSSR count). The van der Waals surface area contributed by atoms with E-state index in [4.69, 9.17) is 15.2 Å². The standard InChI is InChI=1S/C28H38N4O5/c1-5-20-18(14-31-24(16-33)17(4)34)9-8-10-22(20)32-28-19(11-27(29)35)15-30-23-13-26(37-7-3)25(36-6-2)12-21(23)28/h8-10,12-13,15,17,24,31,33-34H,5-7,11,14,16H2,1-4H3,(H2,29,35)(H,30,32)/t17-,24-/m1/s1. The molecule has 9 heteroatoms. The van der Waals surface area contributed by atoms with Crippen molar-refractivity contribution in [3.8, 4) is 11.5 Å². The predicted octanol–water partition coefficient (Wildman–Crippen LogP) is 3.20. The number of nitrogens with one attached hydrogen (secondary N) is 2. The van der Waals surface area contributed by atoms with Crippen molar-refractivity contribution in [1.29, 1.82) is 0 Å². The van der Waals surface area contributed by atoms with Gasteiger partial charge >= 0.3 is 0 Å². The number of nitrogens with two attached hydrogens (primary N) is 1. The van der Waals surface area contributed by atoms with Crippen molar-refractivity contribution in [1.82, 2.24) is 10.3 Å². The number of amides is 1. The molecule has 2 aromatic carbocycles. The third-order valence-corrected chi connectivity index (χ3v) is 6.20. The van der Waals surface area contributed by atoms with Gasteiger partial charge in [0.05, 0.1) is 49.6 Å². The molecule has 0 aliphatic rings. The van der Waals surface area contributed by atoms with Crippen LogP contribution in [0.5, 0.6) is 11.5 Å². The lowest BCUT2D eigenvalue weighted by molar-refractivity contribution is -0.117. The molecule has 0 bridgehead atoms. The molecule has 0 radical (unpaired) electrons. The average Bonchev–Trinajstić information content (AvgIpc) is 2.86. The van der Waals surface area contributed by atoms with E-state index in [0.717, 1.165) is 34.3 Å². The topological polar surface area (TPSA) is 139 Å². The summed E-state index contributed by atoms with van der Waals surface area (Å²) >= 11 is 0. The summed E-state index contributed by atoms with van der Waals surface area (Å²) in [5.41, 5.74) is 10.7. The lowest BCUT2D eigenvalue weighted by Gasteiger charge is -2.22. The highest BCUT2D eigenvalue weighted by Gasteiger charge is 2.18. The number of aliphatic hydroxyl groups excluding tert-OH is 2. The number of hydrogen-bond donors (Lipinski definition) is 5. The van der Waals surface area contributed by atoms with Crippen molar-refractivity contribution in [2.75, 3.05) is 25.1 Å². The van der Waals surface area contributed by atoms with E-state index in [1.54, 1.807) is 13.1 Å². The van der Waals surface area contributed by atoms with Crippen LogP contribution in [0.15, 0.2) is 36.5 Å². The fourth-order valence-corrected chi connectivity index (χ4v) is 4.35. The van der Waals surface area contributed by atoms with Crippen molar-refractivity contribution in [2.45, 2.75) is 59.2 Å². The predicted molar refractivity (Wildman–Crippen MR) is 145 cm³/mol. The number of carbonyl (C=O) groups excluding carboxylic acids is 1. The first-order valence-corrected chi connectivity index (χ1v) is 12.7. The summed E-state index contributed by atoms with van der Waals surface area (Å²) in [5.74, 6) is 0.749. The maximum atomic E-state index is 11.9. The van der Waals surface area contributed by atoms with Gasteiger partial charge in [-0.2, -0.15) is 0 Å². The van der Waals surface area contributed by atoms with E-state index in [0.29, 0.717) is 42.3 Å². The molecule has 0 saturated carbocycles. The van der Waals surface area contributed by atoms with E-state index in [9.17, 15) is 15.0 Å². The van der Waals surface area contributed by atoms with Crippen molar-refractivity contribution < 1.29 is 24.5 Å². The van der Waals surface area contributed by atoms with E-state index in [1.807, 2.05) is 44.2 Å². The van der Waals surface area contributed by atoms with Gasteiger partial charge in [0.2, 0.25) is 5.91 Å². The molecule has 1 aromatic heterocycles. The molecule has 0 spiro atoms. The molecule has 9 nitrogen and oxygen atoms in total. The molecule has 0 unspecified atom stereocenters. The molecule has 2 atom stereocenters. The summed E-state index contributed by atoms with van der Waals surface area (Å²) < 4.78 is 11.6. The summed E-state index contributed by atoms with van der Waals surface area (Å²) in [6.07, 6.45) is 1.75.